The second-order valence-electron chi connectivity index (χ2n) is 7.67. The number of ether oxygens (including phenoxy) is 1. The van der Waals surface area contributed by atoms with Crippen molar-refractivity contribution in [2.75, 3.05) is 18.5 Å². The van der Waals surface area contributed by atoms with Gasteiger partial charge in [-0.1, -0.05) is 25.1 Å². The molecule has 1 N–H and O–H groups in total. The molecule has 1 heterocycles. The molecule has 2 aromatic rings. The van der Waals surface area contributed by atoms with Crippen LogP contribution in [0.3, 0.4) is 0 Å². The Hall–Kier alpha value is -2.82. The fourth-order valence-electron chi connectivity index (χ4n) is 3.77. The van der Waals surface area contributed by atoms with E-state index in [1.807, 2.05) is 42.2 Å². The summed E-state index contributed by atoms with van der Waals surface area (Å²) in [5.74, 6) is 0.582. The zero-order valence-corrected chi connectivity index (χ0v) is 17.5. The molecule has 29 heavy (non-hydrogen) atoms. The number of likely N-dealkylation sites (tertiary alicyclic amines) is 1. The van der Waals surface area contributed by atoms with Gasteiger partial charge in [0.25, 0.3) is 11.8 Å². The third-order valence-corrected chi connectivity index (χ3v) is 5.52. The van der Waals surface area contributed by atoms with Gasteiger partial charge in [0.2, 0.25) is 0 Å². The zero-order valence-electron chi connectivity index (χ0n) is 17.5. The number of carbonyl (C=O) groups is 2. The fourth-order valence-corrected chi connectivity index (χ4v) is 3.77. The Kier molecular flexibility index (Phi) is 6.91. The van der Waals surface area contributed by atoms with E-state index in [1.165, 1.54) is 6.42 Å². The smallest absolute Gasteiger partial charge is 0.262 e. The number of carbonyl (C=O) groups excluding carboxylic acids is 2. The number of para-hydroxylation sites is 1. The molecule has 0 radical (unpaired) electrons. The molecule has 1 atom stereocenters. The molecule has 154 valence electrons. The normalized spacial score (nSPS) is 16.4. The summed E-state index contributed by atoms with van der Waals surface area (Å²) >= 11 is 0. The molecule has 3 rings (SSSR count). The average Bonchev–Trinajstić information content (AvgIpc) is 2.73. The van der Waals surface area contributed by atoms with Crippen LogP contribution in [0.2, 0.25) is 0 Å². The summed E-state index contributed by atoms with van der Waals surface area (Å²) in [5, 5.41) is 2.88. The number of piperidine rings is 1. The summed E-state index contributed by atoms with van der Waals surface area (Å²) in [4.78, 5) is 27.1. The van der Waals surface area contributed by atoms with Crippen molar-refractivity contribution in [3.63, 3.8) is 0 Å². The highest BCUT2D eigenvalue weighted by atomic mass is 16.5. The lowest BCUT2D eigenvalue weighted by molar-refractivity contribution is -0.118. The second kappa shape index (κ2) is 9.59. The number of hydrogen-bond acceptors (Lipinski definition) is 3. The minimum Gasteiger partial charge on any atom is -0.483 e. The fraction of sp³-hybridized carbons (Fsp3) is 0.417. The van der Waals surface area contributed by atoms with E-state index in [0.29, 0.717) is 11.3 Å². The van der Waals surface area contributed by atoms with E-state index in [4.69, 9.17) is 4.74 Å². The minimum atomic E-state index is -0.220. The first kappa shape index (κ1) is 20.9. The summed E-state index contributed by atoms with van der Waals surface area (Å²) in [6.45, 7) is 6.82. The van der Waals surface area contributed by atoms with Gasteiger partial charge in [0.05, 0.1) is 0 Å². The van der Waals surface area contributed by atoms with Gasteiger partial charge in [-0.25, -0.2) is 0 Å². The van der Waals surface area contributed by atoms with Crippen LogP contribution >= 0.6 is 0 Å². The highest BCUT2D eigenvalue weighted by molar-refractivity contribution is 5.97. The molecule has 0 bridgehead atoms. The van der Waals surface area contributed by atoms with Crippen molar-refractivity contribution in [3.8, 4) is 5.75 Å². The van der Waals surface area contributed by atoms with Crippen LogP contribution in [-0.2, 0) is 11.2 Å². The monoisotopic (exact) mass is 394 g/mol. The van der Waals surface area contributed by atoms with Gasteiger partial charge in [-0.15, -0.1) is 0 Å². The summed E-state index contributed by atoms with van der Waals surface area (Å²) in [6.07, 6.45) is 4.14. The highest BCUT2D eigenvalue weighted by Gasteiger charge is 2.24. The van der Waals surface area contributed by atoms with Crippen LogP contribution in [0.5, 0.6) is 5.75 Å². The Morgan fingerprint density at radius 2 is 1.97 bits per heavy atom. The van der Waals surface area contributed by atoms with Crippen LogP contribution < -0.4 is 10.1 Å². The number of aryl methyl sites for hydroxylation is 2. The van der Waals surface area contributed by atoms with E-state index in [1.54, 1.807) is 12.1 Å². The zero-order chi connectivity index (χ0) is 20.8. The molecule has 0 aliphatic carbocycles. The van der Waals surface area contributed by atoms with Gasteiger partial charge in [-0.05, 0) is 74.9 Å². The van der Waals surface area contributed by atoms with Crippen LogP contribution in [0.25, 0.3) is 0 Å². The van der Waals surface area contributed by atoms with Crippen molar-refractivity contribution in [3.05, 3.63) is 59.2 Å². The maximum absolute atomic E-state index is 12.8. The summed E-state index contributed by atoms with van der Waals surface area (Å²) < 4.78 is 5.68. The minimum absolute atomic E-state index is 0.0531. The molecule has 1 unspecified atom stereocenters. The number of anilines is 1. The Bertz CT molecular complexity index is 878. The molecule has 5 nitrogen and oxygen atoms in total. The lowest BCUT2D eigenvalue weighted by atomic mass is 10.0. The van der Waals surface area contributed by atoms with Crippen molar-refractivity contribution in [2.45, 2.75) is 52.5 Å². The van der Waals surface area contributed by atoms with E-state index in [0.717, 1.165) is 42.7 Å². The van der Waals surface area contributed by atoms with Gasteiger partial charge in [0.1, 0.15) is 5.75 Å². The van der Waals surface area contributed by atoms with Crippen LogP contribution in [0, 0.1) is 6.92 Å². The van der Waals surface area contributed by atoms with Gasteiger partial charge in [0, 0.05) is 23.8 Å². The quantitative estimate of drug-likeness (QED) is 0.780. The molecular weight excluding hydrogens is 364 g/mol. The Morgan fingerprint density at radius 3 is 2.69 bits per heavy atom. The molecule has 2 aromatic carbocycles. The molecule has 2 amide bonds. The molecule has 1 saturated heterocycles. The van der Waals surface area contributed by atoms with Gasteiger partial charge < -0.3 is 15.0 Å². The van der Waals surface area contributed by atoms with Crippen LogP contribution in [0.1, 0.15) is 54.6 Å². The Labute approximate surface area is 173 Å². The summed E-state index contributed by atoms with van der Waals surface area (Å²) in [7, 11) is 0. The van der Waals surface area contributed by atoms with E-state index < -0.39 is 0 Å². The van der Waals surface area contributed by atoms with E-state index in [9.17, 15) is 9.59 Å². The number of amides is 2. The van der Waals surface area contributed by atoms with E-state index >= 15 is 0 Å². The van der Waals surface area contributed by atoms with Crippen LogP contribution in [0.4, 0.5) is 5.69 Å². The molecule has 0 spiro atoms. The first-order valence-electron chi connectivity index (χ1n) is 10.4. The maximum atomic E-state index is 12.8. The van der Waals surface area contributed by atoms with Gasteiger partial charge >= 0.3 is 0 Å². The lowest BCUT2D eigenvalue weighted by Gasteiger charge is -2.33. The Morgan fingerprint density at radius 1 is 1.17 bits per heavy atom. The predicted molar refractivity (Wildman–Crippen MR) is 115 cm³/mol. The molecule has 1 fully saturated rings. The SMILES string of the molecule is CCc1ccccc1OCC(=O)Nc1ccc(C(=O)N2CCCCC2C)cc1C. The topological polar surface area (TPSA) is 58.6 Å². The highest BCUT2D eigenvalue weighted by Crippen LogP contribution is 2.23. The average molecular weight is 395 g/mol. The van der Waals surface area contributed by atoms with Gasteiger partial charge in [-0.2, -0.15) is 0 Å². The second-order valence-corrected chi connectivity index (χ2v) is 7.67. The first-order valence-corrected chi connectivity index (χ1v) is 10.4. The Balaban J connectivity index is 1.61. The van der Waals surface area contributed by atoms with E-state index in [2.05, 4.69) is 19.2 Å². The molecule has 0 aromatic heterocycles. The molecule has 1 aliphatic heterocycles. The third kappa shape index (κ3) is 5.17. The maximum Gasteiger partial charge on any atom is 0.262 e. The molecule has 0 saturated carbocycles. The molecule has 5 heteroatoms. The van der Waals surface area contributed by atoms with Crippen molar-refractivity contribution in [1.29, 1.82) is 0 Å². The lowest BCUT2D eigenvalue weighted by Crippen LogP contribution is -2.42. The largest absolute Gasteiger partial charge is 0.483 e. The number of nitrogens with zero attached hydrogens (tertiary/aromatic N) is 1. The predicted octanol–water partition coefficient (Wildman–Crippen LogP) is 4.59. The van der Waals surface area contributed by atoms with Gasteiger partial charge in [-0.3, -0.25) is 9.59 Å². The van der Waals surface area contributed by atoms with Crippen molar-refractivity contribution in [2.24, 2.45) is 0 Å². The number of hydrogen-bond donors (Lipinski definition) is 1. The number of nitrogens with one attached hydrogen (secondary N) is 1. The van der Waals surface area contributed by atoms with Crippen LogP contribution in [0.15, 0.2) is 42.5 Å². The third-order valence-electron chi connectivity index (χ3n) is 5.52. The van der Waals surface area contributed by atoms with Crippen LogP contribution in [-0.4, -0.2) is 35.9 Å². The first-order chi connectivity index (χ1) is 14.0. The summed E-state index contributed by atoms with van der Waals surface area (Å²) in [6, 6.07) is 13.5. The molecule has 1 aliphatic rings. The number of rotatable bonds is 6. The van der Waals surface area contributed by atoms with Crippen molar-refractivity contribution in [1.82, 2.24) is 4.90 Å². The standard InChI is InChI=1S/C24H30N2O3/c1-4-19-10-5-6-11-22(19)29-16-23(27)25-21-13-12-20(15-17(21)2)24(28)26-14-8-7-9-18(26)3/h5-6,10-13,15,18H,4,7-9,14,16H2,1-3H3,(H,25,27). The van der Waals surface area contributed by atoms with Crippen molar-refractivity contribution < 1.29 is 14.3 Å². The van der Waals surface area contributed by atoms with Crippen molar-refractivity contribution >= 4 is 17.5 Å². The van der Waals surface area contributed by atoms with E-state index in [-0.39, 0.29) is 24.5 Å². The molecular formula is C24H30N2O3. The summed E-state index contributed by atoms with van der Waals surface area (Å²) in [5.41, 5.74) is 3.31. The van der Waals surface area contributed by atoms with Gasteiger partial charge in [0.15, 0.2) is 6.61 Å². The number of benzene rings is 2.